The summed E-state index contributed by atoms with van der Waals surface area (Å²) in [7, 11) is 0. The Hall–Kier alpha value is -0.990. The Kier molecular flexibility index (Phi) is 7.96. The van der Waals surface area contributed by atoms with E-state index in [0.29, 0.717) is 16.1 Å². The molecule has 0 radical (unpaired) electrons. The first-order valence-corrected chi connectivity index (χ1v) is 12.2. The lowest BCUT2D eigenvalue weighted by Gasteiger charge is -2.27. The number of halogens is 4. The van der Waals surface area contributed by atoms with Crippen molar-refractivity contribution in [1.29, 1.82) is 0 Å². The highest BCUT2D eigenvalue weighted by Crippen LogP contribution is 2.41. The maximum atomic E-state index is 12.7. The molecule has 2 aromatic rings. The van der Waals surface area contributed by atoms with Gasteiger partial charge in [0.15, 0.2) is 0 Å². The summed E-state index contributed by atoms with van der Waals surface area (Å²) < 4.78 is 4.24. The van der Waals surface area contributed by atoms with E-state index in [9.17, 15) is 9.59 Å². The second-order valence-electron chi connectivity index (χ2n) is 6.73. The number of fused-ring (bicyclic) bond motifs is 1. The maximum Gasteiger partial charge on any atom is 0.341 e. The summed E-state index contributed by atoms with van der Waals surface area (Å²) in [6.07, 6.45) is 2.68. The number of anilines is 1. The number of hydrogen-bond donors (Lipinski definition) is 2. The summed E-state index contributed by atoms with van der Waals surface area (Å²) >= 11 is 23.3. The van der Waals surface area contributed by atoms with Gasteiger partial charge in [0.05, 0.1) is 12.2 Å². The van der Waals surface area contributed by atoms with Crippen molar-refractivity contribution in [1.82, 2.24) is 5.32 Å². The number of aryl methyl sites for hydroxylation is 1. The Balaban J connectivity index is 1.90. The highest BCUT2D eigenvalue weighted by Gasteiger charge is 2.37. The molecule has 1 aromatic carbocycles. The molecular weight excluding hydrogens is 535 g/mol. The standard InChI is InChI=1S/C20H20BrCl3N2O3S/c1-2-29-18(28)15-13-5-3-4-6-14(13)30-17(15)26-19(20(22,23)24)25-16(27)11-7-9-12(21)10-8-11/h7-10,19,26H,2-6H2,1H3,(H,25,27). The van der Waals surface area contributed by atoms with Crippen LogP contribution in [0.1, 0.15) is 50.9 Å². The fourth-order valence-electron chi connectivity index (χ4n) is 3.23. The second kappa shape index (κ2) is 10.1. The number of esters is 1. The summed E-state index contributed by atoms with van der Waals surface area (Å²) in [5.41, 5.74) is 1.86. The van der Waals surface area contributed by atoms with Crippen LogP contribution in [0.4, 0.5) is 5.00 Å². The molecule has 0 spiro atoms. The van der Waals surface area contributed by atoms with E-state index in [1.165, 1.54) is 11.3 Å². The van der Waals surface area contributed by atoms with Gasteiger partial charge in [0.2, 0.25) is 3.79 Å². The molecule has 1 heterocycles. The third-order valence-corrected chi connectivity index (χ3v) is 7.04. The van der Waals surface area contributed by atoms with E-state index < -0.39 is 21.8 Å². The molecule has 10 heteroatoms. The highest BCUT2D eigenvalue weighted by atomic mass is 79.9. The van der Waals surface area contributed by atoms with Crippen LogP contribution in [0, 0.1) is 0 Å². The monoisotopic (exact) mass is 552 g/mol. The first kappa shape index (κ1) is 23.7. The third-order valence-electron chi connectivity index (χ3n) is 4.64. The summed E-state index contributed by atoms with van der Waals surface area (Å²) in [5.74, 6) is -0.827. The van der Waals surface area contributed by atoms with Crippen molar-refractivity contribution in [2.24, 2.45) is 0 Å². The summed E-state index contributed by atoms with van der Waals surface area (Å²) in [5, 5.41) is 6.32. The van der Waals surface area contributed by atoms with Crippen LogP contribution in [0.15, 0.2) is 28.7 Å². The van der Waals surface area contributed by atoms with Crippen molar-refractivity contribution in [2.45, 2.75) is 42.6 Å². The van der Waals surface area contributed by atoms with Gasteiger partial charge in [-0.25, -0.2) is 4.79 Å². The number of alkyl halides is 3. The van der Waals surface area contributed by atoms with Crippen LogP contribution in [0.3, 0.4) is 0 Å². The molecule has 1 aliphatic carbocycles. The highest BCUT2D eigenvalue weighted by molar-refractivity contribution is 9.10. The van der Waals surface area contributed by atoms with Crippen LogP contribution >= 0.6 is 62.1 Å². The Bertz CT molecular complexity index is 929. The summed E-state index contributed by atoms with van der Waals surface area (Å²) in [4.78, 5) is 26.5. The SMILES string of the molecule is CCOC(=O)c1c(NC(NC(=O)c2ccc(Br)cc2)C(Cl)(Cl)Cl)sc2c1CCCC2. The quantitative estimate of drug-likeness (QED) is 0.257. The van der Waals surface area contributed by atoms with Gasteiger partial charge in [-0.15, -0.1) is 11.3 Å². The van der Waals surface area contributed by atoms with Gasteiger partial charge in [-0.3, -0.25) is 4.79 Å². The van der Waals surface area contributed by atoms with E-state index in [1.807, 2.05) is 0 Å². The second-order valence-corrected chi connectivity index (χ2v) is 11.1. The molecule has 1 unspecified atom stereocenters. The van der Waals surface area contributed by atoms with E-state index >= 15 is 0 Å². The molecule has 0 saturated carbocycles. The Labute approximate surface area is 202 Å². The van der Waals surface area contributed by atoms with Gasteiger partial charge in [0.25, 0.3) is 5.91 Å². The van der Waals surface area contributed by atoms with Gasteiger partial charge in [0, 0.05) is 14.9 Å². The van der Waals surface area contributed by atoms with Gasteiger partial charge in [-0.1, -0.05) is 50.7 Å². The summed E-state index contributed by atoms with van der Waals surface area (Å²) in [6, 6.07) is 6.81. The van der Waals surface area contributed by atoms with Crippen molar-refractivity contribution < 1.29 is 14.3 Å². The van der Waals surface area contributed by atoms with Gasteiger partial charge in [-0.05, 0) is 62.4 Å². The molecule has 0 fully saturated rings. The molecule has 0 bridgehead atoms. The molecule has 1 amide bonds. The van der Waals surface area contributed by atoms with E-state index in [0.717, 1.165) is 40.6 Å². The van der Waals surface area contributed by atoms with Crippen molar-refractivity contribution in [3.05, 3.63) is 50.3 Å². The van der Waals surface area contributed by atoms with Crippen LogP contribution in [0.2, 0.25) is 0 Å². The zero-order valence-corrected chi connectivity index (χ0v) is 20.7. The molecule has 2 N–H and O–H groups in total. The van der Waals surface area contributed by atoms with Crippen LogP contribution in [0.5, 0.6) is 0 Å². The molecular formula is C20H20BrCl3N2O3S. The molecule has 162 valence electrons. The van der Waals surface area contributed by atoms with Crippen LogP contribution in [0.25, 0.3) is 0 Å². The topological polar surface area (TPSA) is 67.4 Å². The first-order chi connectivity index (χ1) is 14.2. The number of ether oxygens (including phenoxy) is 1. The normalized spacial score (nSPS) is 14.6. The van der Waals surface area contributed by atoms with E-state index in [2.05, 4.69) is 26.6 Å². The van der Waals surface area contributed by atoms with Crippen molar-refractivity contribution >= 4 is 78.9 Å². The van der Waals surface area contributed by atoms with E-state index in [-0.39, 0.29) is 6.61 Å². The van der Waals surface area contributed by atoms with Crippen molar-refractivity contribution in [2.75, 3.05) is 11.9 Å². The lowest BCUT2D eigenvalue weighted by molar-refractivity contribution is 0.0526. The number of rotatable bonds is 6. The molecule has 0 saturated heterocycles. The largest absolute Gasteiger partial charge is 0.462 e. The van der Waals surface area contributed by atoms with Crippen LogP contribution < -0.4 is 10.6 Å². The molecule has 5 nitrogen and oxygen atoms in total. The number of carbonyl (C=O) groups is 2. The van der Waals surface area contributed by atoms with Crippen molar-refractivity contribution in [3.8, 4) is 0 Å². The minimum absolute atomic E-state index is 0.261. The lowest BCUT2D eigenvalue weighted by Crippen LogP contribution is -2.49. The van der Waals surface area contributed by atoms with Crippen molar-refractivity contribution in [3.63, 3.8) is 0 Å². The van der Waals surface area contributed by atoms with Gasteiger partial charge >= 0.3 is 5.97 Å². The minimum atomic E-state index is -1.86. The zero-order chi connectivity index (χ0) is 21.9. The van der Waals surface area contributed by atoms with Gasteiger partial charge in [-0.2, -0.15) is 0 Å². The molecule has 1 aliphatic rings. The average molecular weight is 555 g/mol. The lowest BCUT2D eigenvalue weighted by atomic mass is 9.95. The number of amides is 1. The van der Waals surface area contributed by atoms with E-state index in [4.69, 9.17) is 39.5 Å². The molecule has 0 aliphatic heterocycles. The van der Waals surface area contributed by atoms with Gasteiger partial charge < -0.3 is 15.4 Å². The Morgan fingerprint density at radius 1 is 1.20 bits per heavy atom. The molecule has 1 aromatic heterocycles. The smallest absolute Gasteiger partial charge is 0.341 e. The minimum Gasteiger partial charge on any atom is -0.462 e. The number of nitrogens with one attached hydrogen (secondary N) is 2. The Morgan fingerprint density at radius 2 is 1.87 bits per heavy atom. The number of hydrogen-bond acceptors (Lipinski definition) is 5. The predicted molar refractivity (Wildman–Crippen MR) is 126 cm³/mol. The summed E-state index contributed by atoms with van der Waals surface area (Å²) in [6.45, 7) is 2.02. The van der Waals surface area contributed by atoms with E-state index in [1.54, 1.807) is 31.2 Å². The first-order valence-electron chi connectivity index (χ1n) is 9.42. The van der Waals surface area contributed by atoms with Crippen LogP contribution in [-0.2, 0) is 17.6 Å². The molecule has 30 heavy (non-hydrogen) atoms. The predicted octanol–water partition coefficient (Wildman–Crippen LogP) is 6.10. The average Bonchev–Trinajstić information content (AvgIpc) is 3.05. The fourth-order valence-corrected chi connectivity index (χ4v) is 5.13. The zero-order valence-electron chi connectivity index (χ0n) is 16.1. The fraction of sp³-hybridized carbons (Fsp3) is 0.400. The molecule has 3 rings (SSSR count). The maximum absolute atomic E-state index is 12.7. The number of carbonyl (C=O) groups excluding carboxylic acids is 2. The molecule has 1 atom stereocenters. The third kappa shape index (κ3) is 5.62. The van der Waals surface area contributed by atoms with Gasteiger partial charge in [0.1, 0.15) is 11.2 Å². The van der Waals surface area contributed by atoms with Crippen LogP contribution in [-0.4, -0.2) is 28.4 Å². The Morgan fingerprint density at radius 3 is 2.50 bits per heavy atom. The number of thiophene rings is 1. The number of benzene rings is 1.